The van der Waals surface area contributed by atoms with Crippen LogP contribution < -0.4 is 0 Å². The maximum atomic E-state index is 2.46. The normalized spacial score (nSPS) is 35.6. The Morgan fingerprint density at radius 2 is 2.18 bits per heavy atom. The molecule has 1 spiro atoms. The average Bonchev–Trinajstić information content (AvgIpc) is 1.92. The minimum absolute atomic E-state index is 0.598. The van der Waals surface area contributed by atoms with Crippen LogP contribution >= 0.6 is 0 Å². The zero-order valence-electron chi connectivity index (χ0n) is 7.51. The van der Waals surface area contributed by atoms with Crippen LogP contribution in [0.3, 0.4) is 0 Å². The third-order valence-corrected chi connectivity index (χ3v) is 3.05. The molecule has 11 heavy (non-hydrogen) atoms. The molecule has 0 aromatic heterocycles. The molecule has 1 atom stereocenters. The predicted molar refractivity (Wildman–Crippen MR) is 47.5 cm³/mol. The third-order valence-electron chi connectivity index (χ3n) is 3.05. The summed E-state index contributed by atoms with van der Waals surface area (Å²) >= 11 is 0. The molecule has 1 saturated heterocycles. The number of nitrogens with zero attached hydrogens (tertiary/aromatic N) is 1. The van der Waals surface area contributed by atoms with Gasteiger partial charge in [-0.3, -0.25) is 0 Å². The Hall–Kier alpha value is -0.300. The summed E-state index contributed by atoms with van der Waals surface area (Å²) in [5.41, 5.74) is 0.598. The standard InChI is InChI=1S/C10H17N/c1-9-3-5-10(6-4-9)7-11(2)8-10/h3,5,9H,4,6-8H2,1-2H3. The summed E-state index contributed by atoms with van der Waals surface area (Å²) < 4.78 is 0. The Bertz CT molecular complexity index is 177. The molecule has 1 aliphatic heterocycles. The van der Waals surface area contributed by atoms with Crippen LogP contribution in [0.15, 0.2) is 12.2 Å². The van der Waals surface area contributed by atoms with Crippen molar-refractivity contribution in [3.63, 3.8) is 0 Å². The molecule has 0 radical (unpaired) electrons. The lowest BCUT2D eigenvalue weighted by molar-refractivity contribution is 0.0488. The Balaban J connectivity index is 2.02. The van der Waals surface area contributed by atoms with Crippen molar-refractivity contribution in [2.75, 3.05) is 20.1 Å². The van der Waals surface area contributed by atoms with E-state index < -0.39 is 0 Å². The summed E-state index contributed by atoms with van der Waals surface area (Å²) in [5.74, 6) is 0.825. The van der Waals surface area contributed by atoms with Crippen molar-refractivity contribution >= 4 is 0 Å². The van der Waals surface area contributed by atoms with Gasteiger partial charge in [0.2, 0.25) is 0 Å². The van der Waals surface area contributed by atoms with Crippen LogP contribution in [-0.4, -0.2) is 25.0 Å². The third kappa shape index (κ3) is 1.22. The van der Waals surface area contributed by atoms with Crippen LogP contribution in [0.1, 0.15) is 19.8 Å². The first kappa shape index (κ1) is 7.35. The molecular formula is C10H17N. The lowest BCUT2D eigenvalue weighted by atomic mass is 9.71. The van der Waals surface area contributed by atoms with Gasteiger partial charge in [0.25, 0.3) is 0 Å². The topological polar surface area (TPSA) is 3.24 Å². The van der Waals surface area contributed by atoms with E-state index in [2.05, 4.69) is 31.0 Å². The van der Waals surface area contributed by atoms with Gasteiger partial charge in [-0.2, -0.15) is 0 Å². The molecule has 1 nitrogen and oxygen atoms in total. The van der Waals surface area contributed by atoms with Gasteiger partial charge >= 0.3 is 0 Å². The second-order valence-electron chi connectivity index (χ2n) is 4.41. The minimum Gasteiger partial charge on any atom is -0.305 e. The van der Waals surface area contributed by atoms with Gasteiger partial charge in [-0.1, -0.05) is 19.1 Å². The van der Waals surface area contributed by atoms with Crippen LogP contribution in [0.4, 0.5) is 0 Å². The monoisotopic (exact) mass is 151 g/mol. The number of allylic oxidation sites excluding steroid dienone is 1. The Morgan fingerprint density at radius 1 is 1.45 bits per heavy atom. The molecule has 2 aliphatic rings. The first-order valence-corrected chi connectivity index (χ1v) is 4.58. The van der Waals surface area contributed by atoms with Gasteiger partial charge in [-0.05, 0) is 25.8 Å². The molecule has 0 aromatic rings. The molecule has 0 bridgehead atoms. The van der Waals surface area contributed by atoms with Crippen molar-refractivity contribution in [2.45, 2.75) is 19.8 Å². The van der Waals surface area contributed by atoms with Crippen molar-refractivity contribution in [2.24, 2.45) is 11.3 Å². The van der Waals surface area contributed by atoms with E-state index >= 15 is 0 Å². The molecule has 1 heteroatoms. The Kier molecular flexibility index (Phi) is 1.57. The largest absolute Gasteiger partial charge is 0.305 e. The highest BCUT2D eigenvalue weighted by Crippen LogP contribution is 2.40. The summed E-state index contributed by atoms with van der Waals surface area (Å²) in [7, 11) is 2.21. The highest BCUT2D eigenvalue weighted by atomic mass is 15.2. The summed E-state index contributed by atoms with van der Waals surface area (Å²) in [4.78, 5) is 2.40. The maximum absolute atomic E-state index is 2.46. The molecule has 62 valence electrons. The summed E-state index contributed by atoms with van der Waals surface area (Å²) in [6.07, 6.45) is 7.66. The van der Waals surface area contributed by atoms with E-state index in [4.69, 9.17) is 0 Å². The molecular weight excluding hydrogens is 134 g/mol. The molecule has 1 fully saturated rings. The van der Waals surface area contributed by atoms with Gasteiger partial charge in [0.15, 0.2) is 0 Å². The van der Waals surface area contributed by atoms with E-state index in [-0.39, 0.29) is 0 Å². The van der Waals surface area contributed by atoms with Gasteiger partial charge in [-0.15, -0.1) is 0 Å². The molecule has 1 aliphatic carbocycles. The van der Waals surface area contributed by atoms with Crippen LogP contribution in [0.2, 0.25) is 0 Å². The van der Waals surface area contributed by atoms with Crippen LogP contribution in [0.25, 0.3) is 0 Å². The second-order valence-corrected chi connectivity index (χ2v) is 4.41. The maximum Gasteiger partial charge on any atom is 0.0137 e. The van der Waals surface area contributed by atoms with Gasteiger partial charge in [0.05, 0.1) is 0 Å². The first-order valence-electron chi connectivity index (χ1n) is 4.58. The van der Waals surface area contributed by atoms with Gasteiger partial charge in [-0.25, -0.2) is 0 Å². The molecule has 0 N–H and O–H groups in total. The highest BCUT2D eigenvalue weighted by molar-refractivity contribution is 5.12. The Labute approximate surface area is 69.1 Å². The lowest BCUT2D eigenvalue weighted by Gasteiger charge is -2.49. The SMILES string of the molecule is CC1C=CC2(CC1)CN(C)C2. The van der Waals surface area contributed by atoms with E-state index in [0.717, 1.165) is 5.92 Å². The van der Waals surface area contributed by atoms with E-state index in [0.29, 0.717) is 5.41 Å². The molecule has 1 unspecified atom stereocenters. The number of hydrogen-bond acceptors (Lipinski definition) is 1. The van der Waals surface area contributed by atoms with E-state index in [9.17, 15) is 0 Å². The molecule has 0 saturated carbocycles. The van der Waals surface area contributed by atoms with Crippen molar-refractivity contribution in [1.29, 1.82) is 0 Å². The fourth-order valence-electron chi connectivity index (χ4n) is 2.36. The van der Waals surface area contributed by atoms with E-state index in [1.54, 1.807) is 0 Å². The molecule has 1 heterocycles. The first-order chi connectivity index (χ1) is 5.20. The van der Waals surface area contributed by atoms with Crippen molar-refractivity contribution in [3.05, 3.63) is 12.2 Å². The van der Waals surface area contributed by atoms with Crippen molar-refractivity contribution < 1.29 is 0 Å². The lowest BCUT2D eigenvalue weighted by Crippen LogP contribution is -2.53. The molecule has 2 rings (SSSR count). The van der Waals surface area contributed by atoms with Crippen LogP contribution in [0, 0.1) is 11.3 Å². The minimum atomic E-state index is 0.598. The highest BCUT2D eigenvalue weighted by Gasteiger charge is 2.39. The summed E-state index contributed by atoms with van der Waals surface area (Å²) in [5, 5.41) is 0. The number of rotatable bonds is 0. The van der Waals surface area contributed by atoms with Gasteiger partial charge in [0.1, 0.15) is 0 Å². The van der Waals surface area contributed by atoms with Crippen molar-refractivity contribution in [1.82, 2.24) is 4.90 Å². The quantitative estimate of drug-likeness (QED) is 0.478. The number of likely N-dealkylation sites (tertiary alicyclic amines) is 1. The smallest absolute Gasteiger partial charge is 0.0137 e. The fourth-order valence-corrected chi connectivity index (χ4v) is 2.36. The molecule has 0 amide bonds. The van der Waals surface area contributed by atoms with Gasteiger partial charge < -0.3 is 4.90 Å². The zero-order valence-corrected chi connectivity index (χ0v) is 7.51. The van der Waals surface area contributed by atoms with Gasteiger partial charge in [0, 0.05) is 18.5 Å². The summed E-state index contributed by atoms with van der Waals surface area (Å²) in [6.45, 7) is 4.89. The zero-order chi connectivity index (χ0) is 7.90. The van der Waals surface area contributed by atoms with E-state index in [1.165, 1.54) is 25.9 Å². The van der Waals surface area contributed by atoms with E-state index in [1.807, 2.05) is 0 Å². The predicted octanol–water partition coefficient (Wildman–Crippen LogP) is 1.90. The van der Waals surface area contributed by atoms with Crippen molar-refractivity contribution in [3.8, 4) is 0 Å². The van der Waals surface area contributed by atoms with Crippen LogP contribution in [0.5, 0.6) is 0 Å². The second kappa shape index (κ2) is 2.34. The summed E-state index contributed by atoms with van der Waals surface area (Å²) in [6, 6.07) is 0. The molecule has 0 aromatic carbocycles. The Morgan fingerprint density at radius 3 is 2.64 bits per heavy atom. The fraction of sp³-hybridized carbons (Fsp3) is 0.800. The average molecular weight is 151 g/mol. The number of hydrogen-bond donors (Lipinski definition) is 0. The van der Waals surface area contributed by atoms with Crippen LogP contribution in [-0.2, 0) is 0 Å².